The Morgan fingerprint density at radius 2 is 2.08 bits per heavy atom. The Labute approximate surface area is 144 Å². The molecule has 0 spiro atoms. The number of piperazine rings is 1. The third kappa shape index (κ3) is 3.49. The Bertz CT molecular complexity index is 619. The summed E-state index contributed by atoms with van der Waals surface area (Å²) in [7, 11) is 4.24. The number of aryl methyl sites for hydroxylation is 1. The summed E-state index contributed by atoms with van der Waals surface area (Å²) in [6, 6.07) is 4.29. The highest BCUT2D eigenvalue weighted by Gasteiger charge is 2.28. The number of benzene rings is 1. The fourth-order valence-electron chi connectivity index (χ4n) is 3.39. The quantitative estimate of drug-likeness (QED) is 0.876. The van der Waals surface area contributed by atoms with Crippen LogP contribution in [-0.2, 0) is 0 Å². The van der Waals surface area contributed by atoms with E-state index in [-0.39, 0.29) is 12.1 Å². The molecule has 2 amide bonds. The van der Waals surface area contributed by atoms with Crippen molar-refractivity contribution >= 4 is 6.03 Å². The molecule has 6 nitrogen and oxygen atoms in total. The zero-order valence-corrected chi connectivity index (χ0v) is 15.1. The van der Waals surface area contributed by atoms with Crippen LogP contribution in [0.5, 0.6) is 5.75 Å². The van der Waals surface area contributed by atoms with Gasteiger partial charge in [-0.25, -0.2) is 4.79 Å². The highest BCUT2D eigenvalue weighted by atomic mass is 16.5. The van der Waals surface area contributed by atoms with E-state index in [1.54, 1.807) is 0 Å². The van der Waals surface area contributed by atoms with Crippen LogP contribution >= 0.6 is 0 Å². The number of fused-ring (bicyclic) bond motifs is 1. The molecule has 1 aromatic rings. The number of urea groups is 1. The highest BCUT2D eigenvalue weighted by molar-refractivity contribution is 5.75. The summed E-state index contributed by atoms with van der Waals surface area (Å²) in [6.07, 6.45) is 0. The smallest absolute Gasteiger partial charge is 0.315 e. The zero-order chi connectivity index (χ0) is 17.3. The Morgan fingerprint density at radius 1 is 1.29 bits per heavy atom. The largest absolute Gasteiger partial charge is 0.490 e. The van der Waals surface area contributed by atoms with Crippen molar-refractivity contribution in [1.82, 2.24) is 20.4 Å². The molecule has 132 valence electrons. The van der Waals surface area contributed by atoms with Gasteiger partial charge in [0.15, 0.2) is 0 Å². The van der Waals surface area contributed by atoms with Crippen molar-refractivity contribution in [1.29, 1.82) is 0 Å². The lowest BCUT2D eigenvalue weighted by atomic mass is 10.0. The molecule has 1 saturated heterocycles. The molecule has 2 atom stereocenters. The molecule has 1 aromatic carbocycles. The zero-order valence-electron chi connectivity index (χ0n) is 15.1. The number of hydrogen-bond acceptors (Lipinski definition) is 4. The first-order valence-corrected chi connectivity index (χ1v) is 8.61. The lowest BCUT2D eigenvalue weighted by Crippen LogP contribution is -2.55. The molecule has 3 rings (SSSR count). The van der Waals surface area contributed by atoms with E-state index in [4.69, 9.17) is 4.74 Å². The molecule has 0 aliphatic carbocycles. The summed E-state index contributed by atoms with van der Waals surface area (Å²) >= 11 is 0. The maximum absolute atomic E-state index is 12.3. The lowest BCUT2D eigenvalue weighted by Gasteiger charge is -2.37. The van der Waals surface area contributed by atoms with Crippen LogP contribution in [0.4, 0.5) is 4.79 Å². The van der Waals surface area contributed by atoms with Gasteiger partial charge in [-0.15, -0.1) is 0 Å². The van der Waals surface area contributed by atoms with Crippen LogP contribution in [0.2, 0.25) is 0 Å². The molecule has 0 aromatic heterocycles. The van der Waals surface area contributed by atoms with Crippen molar-refractivity contribution in [3.05, 3.63) is 28.8 Å². The summed E-state index contributed by atoms with van der Waals surface area (Å²) in [5, 5.41) is 6.05. The number of rotatable bonds is 3. The van der Waals surface area contributed by atoms with E-state index in [0.29, 0.717) is 19.2 Å². The molecule has 2 heterocycles. The predicted molar refractivity (Wildman–Crippen MR) is 94.6 cm³/mol. The first-order chi connectivity index (χ1) is 11.5. The van der Waals surface area contributed by atoms with Crippen molar-refractivity contribution in [3.63, 3.8) is 0 Å². The number of carbonyl (C=O) groups excluding carboxylic acids is 1. The van der Waals surface area contributed by atoms with E-state index >= 15 is 0 Å². The standard InChI is InChI=1S/C18H28N4O2/c1-12-5-6-15-16(11-24-17(15)13(12)2)20-18(23)19-9-14-10-21(3)7-8-22(14)4/h5-6,14,16H,7-11H2,1-4H3,(H2,19,20,23)/t14-,16+/m1/s1. The third-order valence-electron chi connectivity index (χ3n) is 5.26. The van der Waals surface area contributed by atoms with E-state index in [9.17, 15) is 4.79 Å². The minimum Gasteiger partial charge on any atom is -0.490 e. The van der Waals surface area contributed by atoms with Crippen molar-refractivity contribution in [2.45, 2.75) is 25.9 Å². The van der Waals surface area contributed by atoms with Crippen LogP contribution in [0, 0.1) is 13.8 Å². The molecule has 0 saturated carbocycles. The number of hydrogen-bond donors (Lipinski definition) is 2. The summed E-state index contributed by atoms with van der Waals surface area (Å²) in [5.41, 5.74) is 3.44. The Balaban J connectivity index is 1.54. The van der Waals surface area contributed by atoms with Gasteiger partial charge in [0, 0.05) is 37.8 Å². The molecular formula is C18H28N4O2. The SMILES string of the molecule is Cc1ccc2c(c1C)OC[C@@H]2NC(=O)NC[C@@H]1CN(C)CCN1C. The van der Waals surface area contributed by atoms with E-state index < -0.39 is 0 Å². The van der Waals surface area contributed by atoms with Gasteiger partial charge in [-0.2, -0.15) is 0 Å². The number of likely N-dealkylation sites (N-methyl/N-ethyl adjacent to an activating group) is 2. The van der Waals surface area contributed by atoms with Gasteiger partial charge in [0.1, 0.15) is 12.4 Å². The van der Waals surface area contributed by atoms with E-state index in [2.05, 4.69) is 60.5 Å². The van der Waals surface area contributed by atoms with Crippen LogP contribution in [0.25, 0.3) is 0 Å². The second-order valence-corrected chi connectivity index (χ2v) is 7.04. The minimum absolute atomic E-state index is 0.0777. The molecular weight excluding hydrogens is 304 g/mol. The number of amides is 2. The van der Waals surface area contributed by atoms with E-state index in [1.807, 2.05) is 0 Å². The average Bonchev–Trinajstić information content (AvgIpc) is 2.95. The van der Waals surface area contributed by atoms with Crippen molar-refractivity contribution in [2.24, 2.45) is 0 Å². The molecule has 0 unspecified atom stereocenters. The second-order valence-electron chi connectivity index (χ2n) is 7.04. The maximum Gasteiger partial charge on any atom is 0.315 e. The first kappa shape index (κ1) is 17.0. The average molecular weight is 332 g/mol. The monoisotopic (exact) mass is 332 g/mol. The fourth-order valence-corrected chi connectivity index (χ4v) is 3.39. The van der Waals surface area contributed by atoms with Gasteiger partial charge >= 0.3 is 6.03 Å². The van der Waals surface area contributed by atoms with E-state index in [1.165, 1.54) is 5.56 Å². The number of nitrogens with one attached hydrogen (secondary N) is 2. The van der Waals surface area contributed by atoms with Gasteiger partial charge in [0.25, 0.3) is 0 Å². The van der Waals surface area contributed by atoms with Crippen LogP contribution in [0.3, 0.4) is 0 Å². The van der Waals surface area contributed by atoms with Crippen molar-refractivity contribution in [2.75, 3.05) is 46.9 Å². The molecule has 2 N–H and O–H groups in total. The van der Waals surface area contributed by atoms with Crippen LogP contribution in [-0.4, -0.2) is 68.8 Å². The summed E-state index contributed by atoms with van der Waals surface area (Å²) < 4.78 is 5.79. The normalized spacial score (nSPS) is 24.3. The maximum atomic E-state index is 12.3. The lowest BCUT2D eigenvalue weighted by molar-refractivity contribution is 0.114. The van der Waals surface area contributed by atoms with Gasteiger partial charge in [-0.1, -0.05) is 12.1 Å². The molecule has 1 fully saturated rings. The van der Waals surface area contributed by atoms with Crippen LogP contribution < -0.4 is 15.4 Å². The van der Waals surface area contributed by atoms with Gasteiger partial charge in [0.05, 0.1) is 6.04 Å². The minimum atomic E-state index is -0.128. The molecule has 0 bridgehead atoms. The van der Waals surface area contributed by atoms with Gasteiger partial charge < -0.3 is 20.3 Å². The third-order valence-corrected chi connectivity index (χ3v) is 5.26. The second kappa shape index (κ2) is 6.99. The molecule has 24 heavy (non-hydrogen) atoms. The first-order valence-electron chi connectivity index (χ1n) is 8.61. The predicted octanol–water partition coefficient (Wildman–Crippen LogP) is 1.28. The molecule has 2 aliphatic heterocycles. The van der Waals surface area contributed by atoms with Crippen LogP contribution in [0.15, 0.2) is 12.1 Å². The number of carbonyl (C=O) groups is 1. The molecule has 6 heteroatoms. The van der Waals surface area contributed by atoms with Gasteiger partial charge in [-0.05, 0) is 39.1 Å². The summed E-state index contributed by atoms with van der Waals surface area (Å²) in [4.78, 5) is 16.9. The van der Waals surface area contributed by atoms with Crippen molar-refractivity contribution < 1.29 is 9.53 Å². The molecule has 2 aliphatic rings. The Hall–Kier alpha value is -1.79. The number of ether oxygens (including phenoxy) is 1. The number of nitrogens with zero attached hydrogens (tertiary/aromatic N) is 2. The molecule has 0 radical (unpaired) electrons. The fraction of sp³-hybridized carbons (Fsp3) is 0.611. The summed E-state index contributed by atoms with van der Waals surface area (Å²) in [6.45, 7) is 8.38. The highest BCUT2D eigenvalue weighted by Crippen LogP contribution is 2.36. The van der Waals surface area contributed by atoms with Gasteiger partial charge in [0.2, 0.25) is 0 Å². The topological polar surface area (TPSA) is 56.8 Å². The van der Waals surface area contributed by atoms with Gasteiger partial charge in [-0.3, -0.25) is 4.90 Å². The van der Waals surface area contributed by atoms with Crippen molar-refractivity contribution in [3.8, 4) is 5.75 Å². The van der Waals surface area contributed by atoms with Crippen LogP contribution in [0.1, 0.15) is 22.7 Å². The summed E-state index contributed by atoms with van der Waals surface area (Å²) in [5.74, 6) is 0.925. The van der Waals surface area contributed by atoms with E-state index in [0.717, 1.165) is 36.5 Å². The Morgan fingerprint density at radius 3 is 2.88 bits per heavy atom. The Kier molecular flexibility index (Phi) is 4.96.